The number of aromatic nitrogens is 3. The number of rotatable bonds is 7. The van der Waals surface area contributed by atoms with Crippen LogP contribution in [0.3, 0.4) is 0 Å². The van der Waals surface area contributed by atoms with Crippen molar-refractivity contribution < 1.29 is 27.6 Å². The van der Waals surface area contributed by atoms with Crippen LogP contribution in [-0.2, 0) is 17.5 Å². The molecule has 2 heterocycles. The fourth-order valence-electron chi connectivity index (χ4n) is 3.20. The average Bonchev–Trinajstić information content (AvgIpc) is 3.51. The topological polar surface area (TPSA) is 112 Å². The van der Waals surface area contributed by atoms with Gasteiger partial charge in [0.2, 0.25) is 5.91 Å². The van der Waals surface area contributed by atoms with E-state index in [4.69, 9.17) is 4.74 Å². The number of nitro groups is 1. The Balaban J connectivity index is 1.57. The van der Waals surface area contributed by atoms with Crippen LogP contribution >= 0.6 is 15.9 Å². The highest BCUT2D eigenvalue weighted by atomic mass is 79.9. The lowest BCUT2D eigenvalue weighted by Crippen LogP contribution is -2.21. The first-order valence-electron chi connectivity index (χ1n) is 9.62. The molecule has 1 aliphatic carbocycles. The van der Waals surface area contributed by atoms with E-state index in [0.29, 0.717) is 24.3 Å². The molecular weight excluding hydrogens is 511 g/mol. The summed E-state index contributed by atoms with van der Waals surface area (Å²) in [6, 6.07) is 6.87. The number of non-ortho nitro benzene ring substituents is 1. The molecule has 0 radical (unpaired) electrons. The molecular formula is C20H15BrF3N5O4. The maximum atomic E-state index is 13.3. The molecule has 1 aromatic carbocycles. The first-order valence-corrected chi connectivity index (χ1v) is 10.4. The number of halogens is 4. The van der Waals surface area contributed by atoms with Gasteiger partial charge in [-0.3, -0.25) is 24.6 Å². The number of hydrogen-bond acceptors (Lipinski definition) is 6. The third-order valence-corrected chi connectivity index (χ3v) is 5.50. The fraction of sp³-hybridized carbons (Fsp3) is 0.250. The number of nitro benzene ring substituents is 1. The zero-order chi connectivity index (χ0) is 23.8. The zero-order valence-corrected chi connectivity index (χ0v) is 18.3. The van der Waals surface area contributed by atoms with Gasteiger partial charge in [0.05, 0.1) is 33.0 Å². The van der Waals surface area contributed by atoms with Crippen LogP contribution in [0.25, 0.3) is 0 Å². The first-order chi connectivity index (χ1) is 15.6. The molecule has 0 aliphatic heterocycles. The molecule has 0 bridgehead atoms. The van der Waals surface area contributed by atoms with Crippen molar-refractivity contribution >= 4 is 33.2 Å². The molecule has 13 heteroatoms. The largest absolute Gasteiger partial charge is 0.455 e. The van der Waals surface area contributed by atoms with Crippen LogP contribution in [0.4, 0.5) is 24.5 Å². The molecule has 1 N–H and O–H groups in total. The fourth-order valence-corrected chi connectivity index (χ4v) is 4.03. The van der Waals surface area contributed by atoms with Crippen LogP contribution < -0.4 is 10.1 Å². The second-order valence-electron chi connectivity index (χ2n) is 7.29. The number of anilines is 1. The van der Waals surface area contributed by atoms with Crippen molar-refractivity contribution in [3.8, 4) is 11.5 Å². The number of alkyl halides is 3. The molecule has 1 amide bonds. The minimum Gasteiger partial charge on any atom is -0.455 e. The Bertz CT molecular complexity index is 1210. The van der Waals surface area contributed by atoms with Crippen molar-refractivity contribution in [2.75, 3.05) is 5.32 Å². The van der Waals surface area contributed by atoms with Crippen LogP contribution in [0, 0.1) is 10.1 Å². The highest BCUT2D eigenvalue weighted by molar-refractivity contribution is 9.10. The van der Waals surface area contributed by atoms with Gasteiger partial charge in [-0.1, -0.05) is 0 Å². The first kappa shape index (κ1) is 22.7. The number of pyridine rings is 1. The Morgan fingerprint density at radius 1 is 1.30 bits per heavy atom. The maximum absolute atomic E-state index is 13.3. The number of amides is 1. The Labute approximate surface area is 192 Å². The lowest BCUT2D eigenvalue weighted by atomic mass is 10.2. The quantitative estimate of drug-likeness (QED) is 0.332. The third kappa shape index (κ3) is 5.30. The van der Waals surface area contributed by atoms with E-state index in [0.717, 1.165) is 10.7 Å². The summed E-state index contributed by atoms with van der Waals surface area (Å²) in [7, 11) is 0. The Morgan fingerprint density at radius 2 is 2.06 bits per heavy atom. The summed E-state index contributed by atoms with van der Waals surface area (Å²) in [5, 5.41) is 17.4. The lowest BCUT2D eigenvalue weighted by Gasteiger charge is -2.10. The summed E-state index contributed by atoms with van der Waals surface area (Å²) in [5.74, 6) is -0.417. The maximum Gasteiger partial charge on any atom is 0.436 e. The molecule has 4 rings (SSSR count). The summed E-state index contributed by atoms with van der Waals surface area (Å²) < 4.78 is 46.2. The predicted molar refractivity (Wildman–Crippen MR) is 113 cm³/mol. The van der Waals surface area contributed by atoms with Gasteiger partial charge in [0.15, 0.2) is 5.69 Å². The summed E-state index contributed by atoms with van der Waals surface area (Å²) in [6.07, 6.45) is -0.348. The minimum absolute atomic E-state index is 0.0447. The zero-order valence-electron chi connectivity index (χ0n) is 16.7. The number of carbonyl (C=O) groups excluding carboxylic acids is 1. The summed E-state index contributed by atoms with van der Waals surface area (Å²) >= 11 is 2.97. The van der Waals surface area contributed by atoms with Crippen molar-refractivity contribution in [3.63, 3.8) is 0 Å². The van der Waals surface area contributed by atoms with Gasteiger partial charge in [0, 0.05) is 24.2 Å². The summed E-state index contributed by atoms with van der Waals surface area (Å²) in [6.45, 7) is -0.498. The molecule has 0 saturated heterocycles. The molecule has 0 spiro atoms. The van der Waals surface area contributed by atoms with Gasteiger partial charge in [-0.15, -0.1) is 0 Å². The predicted octanol–water partition coefficient (Wildman–Crippen LogP) is 5.28. The van der Waals surface area contributed by atoms with E-state index in [9.17, 15) is 28.1 Å². The van der Waals surface area contributed by atoms with Crippen LogP contribution in [0.1, 0.15) is 30.1 Å². The van der Waals surface area contributed by atoms with E-state index >= 15 is 0 Å². The van der Waals surface area contributed by atoms with Gasteiger partial charge >= 0.3 is 6.18 Å². The second kappa shape index (κ2) is 8.81. The van der Waals surface area contributed by atoms with Crippen LogP contribution in [0.2, 0.25) is 0 Å². The van der Waals surface area contributed by atoms with E-state index in [1.54, 1.807) is 12.1 Å². The van der Waals surface area contributed by atoms with Crippen LogP contribution in [0.5, 0.6) is 11.5 Å². The van der Waals surface area contributed by atoms with E-state index in [2.05, 4.69) is 31.3 Å². The second-order valence-corrected chi connectivity index (χ2v) is 8.08. The SMILES string of the molecule is O=C(Cn1nc(C(F)(F)F)c(Br)c1C1CC1)Nc1cc(Oc2cccnc2)cc([N+](=O)[O-])c1. The normalized spacial score (nSPS) is 13.6. The smallest absolute Gasteiger partial charge is 0.436 e. The Hall–Kier alpha value is -3.48. The minimum atomic E-state index is -4.68. The van der Waals surface area contributed by atoms with E-state index in [1.165, 1.54) is 24.5 Å². The van der Waals surface area contributed by atoms with Crippen molar-refractivity contribution in [2.45, 2.75) is 31.5 Å². The third-order valence-electron chi connectivity index (χ3n) is 4.71. The Kier molecular flexibility index (Phi) is 6.06. The van der Waals surface area contributed by atoms with Crippen molar-refractivity contribution in [1.29, 1.82) is 0 Å². The van der Waals surface area contributed by atoms with Crippen molar-refractivity contribution in [3.05, 3.63) is 68.7 Å². The highest BCUT2D eigenvalue weighted by Gasteiger charge is 2.42. The number of carbonyl (C=O) groups is 1. The number of ether oxygens (including phenoxy) is 1. The molecule has 1 fully saturated rings. The number of nitrogens with zero attached hydrogens (tertiary/aromatic N) is 4. The highest BCUT2D eigenvalue weighted by Crippen LogP contribution is 2.47. The molecule has 9 nitrogen and oxygen atoms in total. The summed E-state index contributed by atoms with van der Waals surface area (Å²) in [5.41, 5.74) is -1.09. The number of benzene rings is 1. The molecule has 3 aromatic rings. The van der Waals surface area contributed by atoms with Gasteiger partial charge in [-0.25, -0.2) is 0 Å². The Morgan fingerprint density at radius 3 is 2.67 bits per heavy atom. The molecule has 0 atom stereocenters. The molecule has 2 aromatic heterocycles. The molecule has 0 unspecified atom stereocenters. The van der Waals surface area contributed by atoms with Gasteiger partial charge in [-0.2, -0.15) is 18.3 Å². The van der Waals surface area contributed by atoms with Gasteiger partial charge in [0.25, 0.3) is 5.69 Å². The molecule has 33 heavy (non-hydrogen) atoms. The standard InChI is InChI=1S/C20H15BrF3N5O4/c21-17-18(11-3-4-11)28(27-19(17)20(22,23)24)10-16(30)26-12-6-13(29(31)32)8-15(7-12)33-14-2-1-5-25-9-14/h1-2,5-9,11H,3-4,10H2,(H,26,30). The monoisotopic (exact) mass is 525 g/mol. The van der Waals surface area contributed by atoms with Gasteiger partial charge < -0.3 is 10.1 Å². The molecule has 172 valence electrons. The molecule has 1 aliphatic rings. The van der Waals surface area contributed by atoms with Crippen molar-refractivity contribution in [2.24, 2.45) is 0 Å². The number of nitrogens with one attached hydrogen (secondary N) is 1. The lowest BCUT2D eigenvalue weighted by molar-refractivity contribution is -0.384. The van der Waals surface area contributed by atoms with Gasteiger partial charge in [-0.05, 0) is 40.9 Å². The van der Waals surface area contributed by atoms with E-state index in [1.807, 2.05) is 0 Å². The van der Waals surface area contributed by atoms with Crippen LogP contribution in [-0.4, -0.2) is 25.6 Å². The van der Waals surface area contributed by atoms with E-state index in [-0.39, 0.29) is 27.5 Å². The average molecular weight is 526 g/mol. The summed E-state index contributed by atoms with van der Waals surface area (Å²) in [4.78, 5) is 27.1. The number of hydrogen-bond donors (Lipinski definition) is 1. The van der Waals surface area contributed by atoms with Crippen LogP contribution in [0.15, 0.2) is 47.2 Å². The van der Waals surface area contributed by atoms with Crippen molar-refractivity contribution in [1.82, 2.24) is 14.8 Å². The van der Waals surface area contributed by atoms with Gasteiger partial charge in [0.1, 0.15) is 18.0 Å². The molecule has 1 saturated carbocycles. The van der Waals surface area contributed by atoms with E-state index < -0.39 is 29.2 Å².